The molecule has 1 rings (SSSR count). The lowest BCUT2D eigenvalue weighted by Gasteiger charge is -2.08. The largest absolute Gasteiger partial charge is 0.452 e. The number of amides is 3. The highest BCUT2D eigenvalue weighted by Crippen LogP contribution is 2.05. The minimum Gasteiger partial charge on any atom is -0.452 e. The van der Waals surface area contributed by atoms with Gasteiger partial charge in [0.25, 0.3) is 5.91 Å². The van der Waals surface area contributed by atoms with Gasteiger partial charge in [-0.1, -0.05) is 26.0 Å². The van der Waals surface area contributed by atoms with E-state index in [0.29, 0.717) is 18.0 Å². The Labute approximate surface area is 135 Å². The van der Waals surface area contributed by atoms with E-state index in [-0.39, 0.29) is 12.2 Å². The normalized spacial score (nSPS) is 10.3. The van der Waals surface area contributed by atoms with Crippen LogP contribution in [0.3, 0.4) is 0 Å². The lowest BCUT2D eigenvalue weighted by molar-refractivity contribution is -0.123. The monoisotopic (exact) mass is 322 g/mol. The third kappa shape index (κ3) is 7.42. The van der Waals surface area contributed by atoms with Crippen molar-refractivity contribution in [1.82, 2.24) is 10.6 Å². The molecular formula is C16H22N2O5. The summed E-state index contributed by atoms with van der Waals surface area (Å²) < 4.78 is 4.81. The Morgan fingerprint density at radius 3 is 2.39 bits per heavy atom. The molecule has 0 aliphatic carbocycles. The molecule has 23 heavy (non-hydrogen) atoms. The highest BCUT2D eigenvalue weighted by Gasteiger charge is 2.12. The SMILES string of the molecule is CC(C)CCNC(=O)NC(=O)COC(=O)c1ccc(CO)cc1. The fraction of sp³-hybridized carbons (Fsp3) is 0.438. The highest BCUT2D eigenvalue weighted by atomic mass is 16.5. The van der Waals surface area contributed by atoms with E-state index in [4.69, 9.17) is 9.84 Å². The zero-order valence-electron chi connectivity index (χ0n) is 13.3. The van der Waals surface area contributed by atoms with Crippen LogP contribution in [-0.2, 0) is 16.1 Å². The highest BCUT2D eigenvalue weighted by molar-refractivity contribution is 5.97. The summed E-state index contributed by atoms with van der Waals surface area (Å²) in [6.07, 6.45) is 0.806. The molecule has 0 aliphatic heterocycles. The van der Waals surface area contributed by atoms with Crippen LogP contribution in [0.15, 0.2) is 24.3 Å². The third-order valence-corrected chi connectivity index (χ3v) is 2.97. The van der Waals surface area contributed by atoms with Crippen LogP contribution in [0, 0.1) is 5.92 Å². The molecule has 0 fully saturated rings. The average Bonchev–Trinajstić information content (AvgIpc) is 2.52. The molecule has 0 bridgehead atoms. The van der Waals surface area contributed by atoms with E-state index in [1.165, 1.54) is 12.1 Å². The van der Waals surface area contributed by atoms with E-state index in [2.05, 4.69) is 10.6 Å². The van der Waals surface area contributed by atoms with Gasteiger partial charge in [0.15, 0.2) is 6.61 Å². The average molecular weight is 322 g/mol. The molecule has 1 aromatic carbocycles. The number of hydrogen-bond donors (Lipinski definition) is 3. The van der Waals surface area contributed by atoms with E-state index < -0.39 is 24.5 Å². The standard InChI is InChI=1S/C16H22N2O5/c1-11(2)7-8-17-16(22)18-14(20)10-23-15(21)13-5-3-12(9-19)4-6-13/h3-6,11,19H,7-10H2,1-2H3,(H2,17,18,20,22). The first-order valence-corrected chi connectivity index (χ1v) is 7.37. The zero-order chi connectivity index (χ0) is 17.2. The van der Waals surface area contributed by atoms with Gasteiger partial charge in [0.2, 0.25) is 0 Å². The second-order valence-corrected chi connectivity index (χ2v) is 5.42. The van der Waals surface area contributed by atoms with Crippen molar-refractivity contribution in [3.63, 3.8) is 0 Å². The molecule has 0 unspecified atom stereocenters. The maximum atomic E-state index is 11.7. The molecule has 0 spiro atoms. The van der Waals surface area contributed by atoms with Gasteiger partial charge in [0, 0.05) is 6.54 Å². The van der Waals surface area contributed by atoms with E-state index in [1.807, 2.05) is 13.8 Å². The number of imide groups is 1. The topological polar surface area (TPSA) is 105 Å². The van der Waals surface area contributed by atoms with Crippen LogP contribution in [0.25, 0.3) is 0 Å². The minimum absolute atomic E-state index is 0.121. The van der Waals surface area contributed by atoms with E-state index in [0.717, 1.165) is 6.42 Å². The smallest absolute Gasteiger partial charge is 0.338 e. The lowest BCUT2D eigenvalue weighted by Crippen LogP contribution is -2.41. The number of carbonyl (C=O) groups excluding carboxylic acids is 3. The Balaban J connectivity index is 2.31. The maximum absolute atomic E-state index is 11.7. The predicted octanol–water partition coefficient (Wildman–Crippen LogP) is 1.21. The molecule has 0 aromatic heterocycles. The molecule has 0 saturated carbocycles. The number of esters is 1. The Hall–Kier alpha value is -2.41. The van der Waals surface area contributed by atoms with Gasteiger partial charge in [-0.05, 0) is 30.0 Å². The first-order valence-electron chi connectivity index (χ1n) is 7.37. The van der Waals surface area contributed by atoms with Gasteiger partial charge in [-0.2, -0.15) is 0 Å². The van der Waals surface area contributed by atoms with Gasteiger partial charge in [-0.3, -0.25) is 10.1 Å². The van der Waals surface area contributed by atoms with Crippen LogP contribution >= 0.6 is 0 Å². The number of aliphatic hydroxyl groups is 1. The Kier molecular flexibility index (Phi) is 7.76. The van der Waals surface area contributed by atoms with Crippen molar-refractivity contribution in [2.24, 2.45) is 5.92 Å². The number of hydrogen-bond acceptors (Lipinski definition) is 5. The molecule has 0 saturated heterocycles. The van der Waals surface area contributed by atoms with Crippen molar-refractivity contribution in [3.8, 4) is 0 Å². The summed E-state index contributed by atoms with van der Waals surface area (Å²) in [5.74, 6) is -0.929. The van der Waals surface area contributed by atoms with E-state index in [1.54, 1.807) is 12.1 Å². The summed E-state index contributed by atoms with van der Waals surface area (Å²) in [6, 6.07) is 5.53. The van der Waals surface area contributed by atoms with Crippen LogP contribution in [0.2, 0.25) is 0 Å². The third-order valence-electron chi connectivity index (χ3n) is 2.97. The van der Waals surface area contributed by atoms with Gasteiger partial charge in [0.05, 0.1) is 12.2 Å². The Bertz CT molecular complexity index is 540. The second kappa shape index (κ2) is 9.58. The number of benzene rings is 1. The second-order valence-electron chi connectivity index (χ2n) is 5.42. The molecule has 126 valence electrons. The summed E-state index contributed by atoms with van der Waals surface area (Å²) >= 11 is 0. The van der Waals surface area contributed by atoms with Crippen LogP contribution in [0.4, 0.5) is 4.79 Å². The number of carbonyl (C=O) groups is 3. The van der Waals surface area contributed by atoms with Gasteiger partial charge in [0.1, 0.15) is 0 Å². The summed E-state index contributed by atoms with van der Waals surface area (Å²) in [5, 5.41) is 13.5. The molecule has 0 radical (unpaired) electrons. The molecule has 3 N–H and O–H groups in total. The molecule has 7 heteroatoms. The van der Waals surface area contributed by atoms with Gasteiger partial charge >= 0.3 is 12.0 Å². The van der Waals surface area contributed by atoms with Crippen molar-refractivity contribution in [1.29, 1.82) is 0 Å². The Morgan fingerprint density at radius 1 is 1.17 bits per heavy atom. The van der Waals surface area contributed by atoms with Crippen LogP contribution in [-0.4, -0.2) is 36.2 Å². The molecule has 0 atom stereocenters. The van der Waals surface area contributed by atoms with E-state index >= 15 is 0 Å². The molecular weight excluding hydrogens is 300 g/mol. The van der Waals surface area contributed by atoms with Crippen LogP contribution in [0.1, 0.15) is 36.2 Å². The lowest BCUT2D eigenvalue weighted by atomic mass is 10.1. The maximum Gasteiger partial charge on any atom is 0.338 e. The number of nitrogens with one attached hydrogen (secondary N) is 2. The van der Waals surface area contributed by atoms with Crippen molar-refractivity contribution in [2.45, 2.75) is 26.9 Å². The molecule has 7 nitrogen and oxygen atoms in total. The number of rotatable bonds is 7. The van der Waals surface area contributed by atoms with Crippen molar-refractivity contribution in [3.05, 3.63) is 35.4 Å². The predicted molar refractivity (Wildman–Crippen MR) is 83.6 cm³/mol. The first-order chi connectivity index (χ1) is 10.9. The fourth-order valence-corrected chi connectivity index (χ4v) is 1.64. The van der Waals surface area contributed by atoms with Crippen LogP contribution < -0.4 is 10.6 Å². The molecule has 1 aromatic rings. The van der Waals surface area contributed by atoms with Crippen molar-refractivity contribution < 1.29 is 24.2 Å². The molecule has 0 aliphatic rings. The van der Waals surface area contributed by atoms with Crippen molar-refractivity contribution in [2.75, 3.05) is 13.2 Å². The van der Waals surface area contributed by atoms with Crippen LogP contribution in [0.5, 0.6) is 0 Å². The quantitative estimate of drug-likeness (QED) is 0.654. The summed E-state index contributed by atoms with van der Waals surface area (Å²) in [4.78, 5) is 34.6. The van der Waals surface area contributed by atoms with Gasteiger partial charge < -0.3 is 15.2 Å². The fourth-order valence-electron chi connectivity index (χ4n) is 1.64. The van der Waals surface area contributed by atoms with Crippen molar-refractivity contribution >= 4 is 17.9 Å². The first kappa shape index (κ1) is 18.6. The zero-order valence-corrected chi connectivity index (χ0v) is 13.3. The summed E-state index contributed by atoms with van der Waals surface area (Å²) in [6.45, 7) is 3.85. The summed E-state index contributed by atoms with van der Waals surface area (Å²) in [5.41, 5.74) is 0.925. The number of ether oxygens (including phenoxy) is 1. The van der Waals surface area contributed by atoms with Gasteiger partial charge in [-0.25, -0.2) is 9.59 Å². The minimum atomic E-state index is -0.702. The summed E-state index contributed by atoms with van der Waals surface area (Å²) in [7, 11) is 0. The number of aliphatic hydroxyl groups excluding tert-OH is 1. The van der Waals surface area contributed by atoms with Gasteiger partial charge in [-0.15, -0.1) is 0 Å². The number of urea groups is 1. The molecule has 0 heterocycles. The van der Waals surface area contributed by atoms with E-state index in [9.17, 15) is 14.4 Å². The Morgan fingerprint density at radius 2 is 1.83 bits per heavy atom. The molecule has 3 amide bonds.